The zero-order valence-electron chi connectivity index (χ0n) is 9.42. The molecule has 3 heteroatoms. The van der Waals surface area contributed by atoms with E-state index >= 15 is 0 Å². The summed E-state index contributed by atoms with van der Waals surface area (Å²) in [7, 11) is 1.69. The molecule has 1 aliphatic carbocycles. The number of hydrogen-bond donors (Lipinski definition) is 1. The maximum atomic E-state index is 5.31. The number of hydroxylamine groups is 1. The van der Waals surface area contributed by atoms with Crippen LogP contribution in [-0.2, 0) is 9.57 Å². The molecule has 0 heterocycles. The molecular weight excluding hydrogens is 178 g/mol. The van der Waals surface area contributed by atoms with E-state index in [0.717, 1.165) is 5.92 Å². The van der Waals surface area contributed by atoms with Gasteiger partial charge in [-0.15, -0.1) is 0 Å². The van der Waals surface area contributed by atoms with Crippen LogP contribution in [0.2, 0.25) is 0 Å². The van der Waals surface area contributed by atoms with Crippen molar-refractivity contribution in [2.45, 2.75) is 45.1 Å². The lowest BCUT2D eigenvalue weighted by molar-refractivity contribution is -0.0223. The van der Waals surface area contributed by atoms with Gasteiger partial charge in [0.15, 0.2) is 0 Å². The van der Waals surface area contributed by atoms with Gasteiger partial charge in [0.2, 0.25) is 0 Å². The number of ether oxygens (including phenoxy) is 1. The normalized spacial score (nSPS) is 21.0. The van der Waals surface area contributed by atoms with Crippen LogP contribution in [0.1, 0.15) is 39.0 Å². The van der Waals surface area contributed by atoms with Gasteiger partial charge in [-0.05, 0) is 25.7 Å². The lowest BCUT2D eigenvalue weighted by Gasteiger charge is -2.27. The van der Waals surface area contributed by atoms with Gasteiger partial charge in [0.05, 0.1) is 13.2 Å². The monoisotopic (exact) mass is 201 g/mol. The lowest BCUT2D eigenvalue weighted by Crippen LogP contribution is -2.35. The molecule has 0 aromatic carbocycles. The van der Waals surface area contributed by atoms with E-state index in [4.69, 9.17) is 9.57 Å². The number of rotatable bonds is 6. The molecule has 1 unspecified atom stereocenters. The van der Waals surface area contributed by atoms with Crippen molar-refractivity contribution < 1.29 is 9.57 Å². The fraction of sp³-hybridized carbons (Fsp3) is 1.00. The first kappa shape index (κ1) is 12.0. The van der Waals surface area contributed by atoms with Crippen LogP contribution in [0.3, 0.4) is 0 Å². The quantitative estimate of drug-likeness (QED) is 0.527. The van der Waals surface area contributed by atoms with Crippen molar-refractivity contribution in [2.24, 2.45) is 5.92 Å². The van der Waals surface area contributed by atoms with Crippen molar-refractivity contribution in [3.63, 3.8) is 0 Å². The van der Waals surface area contributed by atoms with E-state index < -0.39 is 0 Å². The van der Waals surface area contributed by atoms with Crippen LogP contribution in [0, 0.1) is 5.92 Å². The zero-order valence-corrected chi connectivity index (χ0v) is 9.42. The van der Waals surface area contributed by atoms with Crippen LogP contribution >= 0.6 is 0 Å². The van der Waals surface area contributed by atoms with Crippen molar-refractivity contribution >= 4 is 0 Å². The molecule has 1 saturated carbocycles. The van der Waals surface area contributed by atoms with Crippen LogP contribution in [0.4, 0.5) is 0 Å². The summed E-state index contributed by atoms with van der Waals surface area (Å²) in [5.41, 5.74) is 3.11. The highest BCUT2D eigenvalue weighted by Crippen LogP contribution is 2.26. The van der Waals surface area contributed by atoms with Gasteiger partial charge in [0.25, 0.3) is 0 Å². The second-order valence-electron chi connectivity index (χ2n) is 4.15. The second-order valence-corrected chi connectivity index (χ2v) is 4.15. The molecule has 0 amide bonds. The van der Waals surface area contributed by atoms with Crippen molar-refractivity contribution in [2.75, 3.05) is 20.3 Å². The Balaban J connectivity index is 2.04. The highest BCUT2D eigenvalue weighted by atomic mass is 16.7. The highest BCUT2D eigenvalue weighted by Gasteiger charge is 2.19. The Morgan fingerprint density at radius 2 is 1.93 bits per heavy atom. The number of hydrogen-bond acceptors (Lipinski definition) is 3. The second kappa shape index (κ2) is 7.21. The van der Waals surface area contributed by atoms with E-state index in [0.29, 0.717) is 19.3 Å². The summed E-state index contributed by atoms with van der Waals surface area (Å²) in [6.45, 7) is 3.50. The molecule has 84 valence electrons. The summed E-state index contributed by atoms with van der Waals surface area (Å²) in [5.74, 6) is 0.797. The van der Waals surface area contributed by atoms with E-state index in [9.17, 15) is 0 Å². The Morgan fingerprint density at radius 1 is 1.21 bits per heavy atom. The molecule has 0 bridgehead atoms. The third-order valence-electron chi connectivity index (χ3n) is 3.02. The lowest BCUT2D eigenvalue weighted by atomic mass is 9.85. The minimum Gasteiger partial charge on any atom is -0.382 e. The third-order valence-corrected chi connectivity index (χ3v) is 3.02. The smallest absolute Gasteiger partial charge is 0.0915 e. The molecule has 0 spiro atoms. The molecule has 1 fully saturated rings. The molecule has 3 nitrogen and oxygen atoms in total. The Hall–Kier alpha value is -0.120. The summed E-state index contributed by atoms with van der Waals surface area (Å²) < 4.78 is 4.90. The molecule has 1 atom stereocenters. The van der Waals surface area contributed by atoms with Crippen molar-refractivity contribution in [1.29, 1.82) is 0 Å². The Morgan fingerprint density at radius 3 is 2.57 bits per heavy atom. The Kier molecular flexibility index (Phi) is 6.15. The van der Waals surface area contributed by atoms with Crippen molar-refractivity contribution in [3.8, 4) is 0 Å². The van der Waals surface area contributed by atoms with Gasteiger partial charge in [0, 0.05) is 13.2 Å². The minimum absolute atomic E-state index is 0.479. The molecule has 1 aliphatic rings. The van der Waals surface area contributed by atoms with Crippen LogP contribution in [0.25, 0.3) is 0 Å². The van der Waals surface area contributed by atoms with E-state index in [1.54, 1.807) is 7.11 Å². The summed E-state index contributed by atoms with van der Waals surface area (Å²) in [6.07, 6.45) is 6.88. The highest BCUT2D eigenvalue weighted by molar-refractivity contribution is 4.73. The molecule has 14 heavy (non-hydrogen) atoms. The van der Waals surface area contributed by atoms with E-state index in [1.807, 2.05) is 0 Å². The molecule has 0 aromatic rings. The standard InChI is InChI=1S/C11H23NO2/c1-10(12-14-9-8-13-2)11-6-4-3-5-7-11/h10-12H,3-9H2,1-2H3. The molecule has 0 aromatic heterocycles. The molecule has 1 N–H and O–H groups in total. The van der Waals surface area contributed by atoms with Gasteiger partial charge in [-0.2, -0.15) is 5.48 Å². The summed E-state index contributed by atoms with van der Waals surface area (Å²) in [5, 5.41) is 0. The molecule has 0 radical (unpaired) electrons. The Labute approximate surface area is 87.1 Å². The SMILES string of the molecule is COCCONC(C)C1CCCCC1. The summed E-state index contributed by atoms with van der Waals surface area (Å²) in [4.78, 5) is 5.31. The zero-order chi connectivity index (χ0) is 10.2. The van der Waals surface area contributed by atoms with E-state index in [2.05, 4.69) is 12.4 Å². The van der Waals surface area contributed by atoms with E-state index in [-0.39, 0.29) is 0 Å². The van der Waals surface area contributed by atoms with E-state index in [1.165, 1.54) is 32.1 Å². The van der Waals surface area contributed by atoms with Gasteiger partial charge < -0.3 is 4.74 Å². The van der Waals surface area contributed by atoms with Gasteiger partial charge in [-0.3, -0.25) is 4.84 Å². The van der Waals surface area contributed by atoms with Crippen molar-refractivity contribution in [1.82, 2.24) is 5.48 Å². The van der Waals surface area contributed by atoms with Gasteiger partial charge in [0.1, 0.15) is 0 Å². The molecular formula is C11H23NO2. The van der Waals surface area contributed by atoms with Gasteiger partial charge in [-0.25, -0.2) is 0 Å². The van der Waals surface area contributed by atoms with Gasteiger partial charge >= 0.3 is 0 Å². The average molecular weight is 201 g/mol. The van der Waals surface area contributed by atoms with Crippen molar-refractivity contribution in [3.05, 3.63) is 0 Å². The van der Waals surface area contributed by atoms with Crippen LogP contribution < -0.4 is 5.48 Å². The van der Waals surface area contributed by atoms with Crippen LogP contribution in [0.5, 0.6) is 0 Å². The van der Waals surface area contributed by atoms with Crippen LogP contribution in [-0.4, -0.2) is 26.4 Å². The fourth-order valence-electron chi connectivity index (χ4n) is 2.05. The Bertz CT molecular complexity index is 135. The third kappa shape index (κ3) is 4.40. The van der Waals surface area contributed by atoms with Gasteiger partial charge in [-0.1, -0.05) is 19.3 Å². The maximum Gasteiger partial charge on any atom is 0.0915 e. The average Bonchev–Trinajstić information content (AvgIpc) is 2.25. The first-order valence-electron chi connectivity index (χ1n) is 5.71. The maximum absolute atomic E-state index is 5.31. The minimum atomic E-state index is 0.479. The molecule has 0 saturated heterocycles. The predicted molar refractivity (Wildman–Crippen MR) is 57.0 cm³/mol. The molecule has 1 rings (SSSR count). The fourth-order valence-corrected chi connectivity index (χ4v) is 2.05. The first-order valence-corrected chi connectivity index (χ1v) is 5.71. The number of nitrogens with one attached hydrogen (secondary N) is 1. The largest absolute Gasteiger partial charge is 0.382 e. The summed E-state index contributed by atoms with van der Waals surface area (Å²) >= 11 is 0. The summed E-state index contributed by atoms with van der Waals surface area (Å²) in [6, 6.07) is 0.479. The van der Waals surface area contributed by atoms with Crippen LogP contribution in [0.15, 0.2) is 0 Å². The topological polar surface area (TPSA) is 30.5 Å². The number of methoxy groups -OCH3 is 1. The first-order chi connectivity index (χ1) is 6.84. The predicted octanol–water partition coefficient (Wildman–Crippen LogP) is 2.12. The molecule has 0 aliphatic heterocycles.